The van der Waals surface area contributed by atoms with Crippen molar-refractivity contribution < 1.29 is 19.1 Å². The predicted molar refractivity (Wildman–Crippen MR) is 104 cm³/mol. The van der Waals surface area contributed by atoms with Crippen LogP contribution in [0.2, 0.25) is 0 Å². The molecule has 7 heteroatoms. The van der Waals surface area contributed by atoms with Crippen LogP contribution in [0.3, 0.4) is 0 Å². The van der Waals surface area contributed by atoms with Gasteiger partial charge in [0.2, 0.25) is 5.91 Å². The highest BCUT2D eigenvalue weighted by atomic mass is 16.5. The summed E-state index contributed by atoms with van der Waals surface area (Å²) in [6, 6.07) is -0.0721. The third-order valence-corrected chi connectivity index (χ3v) is 5.51. The lowest BCUT2D eigenvalue weighted by Crippen LogP contribution is -2.57. The number of likely N-dealkylation sites (tertiary alicyclic amines) is 1. The second-order valence-electron chi connectivity index (χ2n) is 8.02. The maximum absolute atomic E-state index is 12.6. The van der Waals surface area contributed by atoms with Gasteiger partial charge in [-0.1, -0.05) is 20.8 Å². The molecule has 0 spiro atoms. The van der Waals surface area contributed by atoms with E-state index in [9.17, 15) is 9.59 Å². The van der Waals surface area contributed by atoms with Crippen molar-refractivity contribution in [2.75, 3.05) is 46.0 Å². The number of ether oxygens (including phenoxy) is 2. The quantitative estimate of drug-likeness (QED) is 0.683. The molecule has 7 nitrogen and oxygen atoms in total. The van der Waals surface area contributed by atoms with Gasteiger partial charge in [-0.3, -0.25) is 14.5 Å². The van der Waals surface area contributed by atoms with Gasteiger partial charge in [-0.05, 0) is 38.6 Å². The van der Waals surface area contributed by atoms with E-state index in [2.05, 4.69) is 31.0 Å². The van der Waals surface area contributed by atoms with Crippen molar-refractivity contribution in [1.82, 2.24) is 15.1 Å². The SMILES string of the molecule is CCN1CCOCC1C(=O)NC1CCN(C(=O)C(C)OCCC(C)C)CC1. The van der Waals surface area contributed by atoms with Crippen LogP contribution in [0.25, 0.3) is 0 Å². The summed E-state index contributed by atoms with van der Waals surface area (Å²) in [5.74, 6) is 0.679. The molecule has 27 heavy (non-hydrogen) atoms. The number of nitrogens with one attached hydrogen (secondary N) is 1. The average molecular weight is 384 g/mol. The molecule has 2 amide bonds. The van der Waals surface area contributed by atoms with Crippen LogP contribution in [0.15, 0.2) is 0 Å². The molecule has 0 saturated carbocycles. The number of carbonyl (C=O) groups excluding carboxylic acids is 2. The van der Waals surface area contributed by atoms with Gasteiger partial charge in [-0.2, -0.15) is 0 Å². The standard InChI is InChI=1S/C20H37N3O4/c1-5-22-11-13-26-14-18(22)19(24)21-17-6-9-23(10-7-17)20(25)16(4)27-12-8-15(2)3/h15-18H,5-14H2,1-4H3,(H,21,24). The highest BCUT2D eigenvalue weighted by Gasteiger charge is 2.32. The maximum atomic E-state index is 12.6. The van der Waals surface area contributed by atoms with E-state index < -0.39 is 6.10 Å². The van der Waals surface area contributed by atoms with Crippen LogP contribution < -0.4 is 5.32 Å². The van der Waals surface area contributed by atoms with E-state index >= 15 is 0 Å². The van der Waals surface area contributed by atoms with Crippen LogP contribution >= 0.6 is 0 Å². The molecule has 0 aliphatic carbocycles. The fraction of sp³-hybridized carbons (Fsp3) is 0.900. The number of morpholine rings is 1. The van der Waals surface area contributed by atoms with E-state index in [0.29, 0.717) is 38.8 Å². The molecule has 0 aromatic rings. The molecule has 2 aliphatic rings. The zero-order valence-electron chi connectivity index (χ0n) is 17.4. The zero-order chi connectivity index (χ0) is 19.8. The normalized spacial score (nSPS) is 23.4. The molecule has 2 aliphatic heterocycles. The summed E-state index contributed by atoms with van der Waals surface area (Å²) in [7, 11) is 0. The lowest BCUT2D eigenvalue weighted by Gasteiger charge is -2.37. The van der Waals surface area contributed by atoms with Crippen molar-refractivity contribution in [3.63, 3.8) is 0 Å². The fourth-order valence-electron chi connectivity index (χ4n) is 3.61. The highest BCUT2D eigenvalue weighted by Crippen LogP contribution is 2.14. The minimum Gasteiger partial charge on any atom is -0.378 e. The van der Waals surface area contributed by atoms with Crippen molar-refractivity contribution in [3.8, 4) is 0 Å². The number of rotatable bonds is 8. The van der Waals surface area contributed by atoms with E-state index in [4.69, 9.17) is 9.47 Å². The van der Waals surface area contributed by atoms with Gasteiger partial charge in [0.25, 0.3) is 5.91 Å². The Bertz CT molecular complexity index is 478. The van der Waals surface area contributed by atoms with Gasteiger partial charge in [0.1, 0.15) is 12.1 Å². The molecule has 2 rings (SSSR count). The van der Waals surface area contributed by atoms with Crippen molar-refractivity contribution in [2.24, 2.45) is 5.92 Å². The second kappa shape index (κ2) is 11.0. The smallest absolute Gasteiger partial charge is 0.251 e. The van der Waals surface area contributed by atoms with E-state index in [1.54, 1.807) is 0 Å². The van der Waals surface area contributed by atoms with Crippen LogP contribution in [-0.2, 0) is 19.1 Å². The molecule has 2 fully saturated rings. The first-order valence-electron chi connectivity index (χ1n) is 10.4. The Balaban J connectivity index is 1.72. The Labute approximate surface area is 163 Å². The Morgan fingerprint density at radius 2 is 1.89 bits per heavy atom. The molecule has 2 saturated heterocycles. The van der Waals surface area contributed by atoms with Gasteiger partial charge in [0.05, 0.1) is 13.2 Å². The van der Waals surface area contributed by atoms with Crippen LogP contribution in [-0.4, -0.2) is 85.8 Å². The van der Waals surface area contributed by atoms with Gasteiger partial charge >= 0.3 is 0 Å². The molecule has 2 heterocycles. The third kappa shape index (κ3) is 6.73. The van der Waals surface area contributed by atoms with E-state index in [-0.39, 0.29) is 23.9 Å². The lowest BCUT2D eigenvalue weighted by molar-refractivity contribution is -0.144. The minimum absolute atomic E-state index is 0.0479. The van der Waals surface area contributed by atoms with Gasteiger partial charge < -0.3 is 19.7 Å². The van der Waals surface area contributed by atoms with Crippen molar-refractivity contribution >= 4 is 11.8 Å². The van der Waals surface area contributed by atoms with E-state index in [1.165, 1.54) is 0 Å². The Morgan fingerprint density at radius 1 is 1.19 bits per heavy atom. The first-order valence-corrected chi connectivity index (χ1v) is 10.4. The number of likely N-dealkylation sites (N-methyl/N-ethyl adjacent to an activating group) is 1. The molecule has 2 atom stereocenters. The summed E-state index contributed by atoms with van der Waals surface area (Å²) < 4.78 is 11.2. The summed E-state index contributed by atoms with van der Waals surface area (Å²) in [5.41, 5.74) is 0. The largest absolute Gasteiger partial charge is 0.378 e. The highest BCUT2D eigenvalue weighted by molar-refractivity contribution is 5.82. The molecule has 0 aromatic heterocycles. The summed E-state index contributed by atoms with van der Waals surface area (Å²) in [6.07, 6.45) is 2.14. The minimum atomic E-state index is -0.396. The number of nitrogens with zero attached hydrogens (tertiary/aromatic N) is 2. The summed E-state index contributed by atoms with van der Waals surface area (Å²) in [5, 5.41) is 3.16. The van der Waals surface area contributed by atoms with Crippen molar-refractivity contribution in [2.45, 2.75) is 65.1 Å². The summed E-state index contributed by atoms with van der Waals surface area (Å²) >= 11 is 0. The van der Waals surface area contributed by atoms with Crippen molar-refractivity contribution in [3.05, 3.63) is 0 Å². The molecule has 156 valence electrons. The zero-order valence-corrected chi connectivity index (χ0v) is 17.4. The summed E-state index contributed by atoms with van der Waals surface area (Å²) in [6.45, 7) is 13.0. The Kier molecular flexibility index (Phi) is 8.99. The fourth-order valence-corrected chi connectivity index (χ4v) is 3.61. The first-order chi connectivity index (χ1) is 12.9. The molecule has 2 unspecified atom stereocenters. The average Bonchev–Trinajstić information content (AvgIpc) is 2.67. The third-order valence-electron chi connectivity index (χ3n) is 5.51. The molecule has 0 aromatic carbocycles. The van der Waals surface area contributed by atoms with Crippen LogP contribution in [0.1, 0.15) is 47.0 Å². The van der Waals surface area contributed by atoms with E-state index in [0.717, 1.165) is 32.4 Å². The number of amides is 2. The van der Waals surface area contributed by atoms with Crippen LogP contribution in [0, 0.1) is 5.92 Å². The van der Waals surface area contributed by atoms with Crippen LogP contribution in [0.5, 0.6) is 0 Å². The van der Waals surface area contributed by atoms with Gasteiger partial charge in [-0.15, -0.1) is 0 Å². The van der Waals surface area contributed by atoms with Gasteiger partial charge in [0, 0.05) is 32.3 Å². The van der Waals surface area contributed by atoms with E-state index in [1.807, 2.05) is 11.8 Å². The molecule has 1 N–H and O–H groups in total. The topological polar surface area (TPSA) is 71.1 Å². The monoisotopic (exact) mass is 383 g/mol. The Morgan fingerprint density at radius 3 is 2.52 bits per heavy atom. The van der Waals surface area contributed by atoms with Gasteiger partial charge in [-0.25, -0.2) is 0 Å². The van der Waals surface area contributed by atoms with Crippen molar-refractivity contribution in [1.29, 1.82) is 0 Å². The maximum Gasteiger partial charge on any atom is 0.251 e. The number of carbonyl (C=O) groups is 2. The predicted octanol–water partition coefficient (Wildman–Crippen LogP) is 1.27. The van der Waals surface area contributed by atoms with Gasteiger partial charge in [0.15, 0.2) is 0 Å². The molecule has 0 radical (unpaired) electrons. The number of hydrogen-bond donors (Lipinski definition) is 1. The molecule has 0 bridgehead atoms. The lowest BCUT2D eigenvalue weighted by atomic mass is 10.0. The number of hydrogen-bond acceptors (Lipinski definition) is 5. The van der Waals surface area contributed by atoms with Crippen LogP contribution in [0.4, 0.5) is 0 Å². The second-order valence-corrected chi connectivity index (χ2v) is 8.02. The summed E-state index contributed by atoms with van der Waals surface area (Å²) in [4.78, 5) is 29.1. The first kappa shape index (κ1) is 22.1. The molecular weight excluding hydrogens is 346 g/mol. The Hall–Kier alpha value is -1.18. The number of piperidine rings is 1. The molecular formula is C20H37N3O4.